The average molecular weight is 466 g/mol. The molecule has 0 saturated carbocycles. The number of para-hydroxylation sites is 1. The predicted octanol–water partition coefficient (Wildman–Crippen LogP) is 3.95. The highest BCUT2D eigenvalue weighted by molar-refractivity contribution is 6.22. The molecule has 0 radical (unpaired) electrons. The van der Waals surface area contributed by atoms with Gasteiger partial charge in [-0.25, -0.2) is 0 Å². The van der Waals surface area contributed by atoms with Gasteiger partial charge in [0.25, 0.3) is 11.8 Å². The molecule has 0 aliphatic carbocycles. The van der Waals surface area contributed by atoms with Crippen molar-refractivity contribution in [1.29, 1.82) is 0 Å². The number of aromatic nitrogens is 1. The third-order valence-electron chi connectivity index (χ3n) is 6.96. The van der Waals surface area contributed by atoms with E-state index in [4.69, 9.17) is 4.74 Å². The minimum Gasteiger partial charge on any atom is -0.497 e. The molecule has 6 rings (SSSR count). The quantitative estimate of drug-likeness (QED) is 0.463. The van der Waals surface area contributed by atoms with Gasteiger partial charge in [0.1, 0.15) is 12.3 Å². The summed E-state index contributed by atoms with van der Waals surface area (Å²) < 4.78 is 5.32. The molecule has 2 aliphatic heterocycles. The predicted molar refractivity (Wildman–Crippen MR) is 130 cm³/mol. The molecule has 1 atom stereocenters. The van der Waals surface area contributed by atoms with Gasteiger partial charge in [-0.05, 0) is 47.9 Å². The molecule has 0 unspecified atom stereocenters. The first kappa shape index (κ1) is 21.2. The van der Waals surface area contributed by atoms with Crippen LogP contribution in [0.5, 0.6) is 5.75 Å². The second-order valence-electron chi connectivity index (χ2n) is 8.82. The van der Waals surface area contributed by atoms with E-state index in [0.29, 0.717) is 24.1 Å². The Balaban J connectivity index is 1.38. The number of fused-ring (bicyclic) bond motifs is 4. The van der Waals surface area contributed by atoms with E-state index >= 15 is 0 Å². The van der Waals surface area contributed by atoms with Gasteiger partial charge in [0.15, 0.2) is 0 Å². The molecule has 1 aromatic heterocycles. The van der Waals surface area contributed by atoms with Crippen LogP contribution in [0.25, 0.3) is 10.9 Å². The number of imide groups is 1. The summed E-state index contributed by atoms with van der Waals surface area (Å²) in [6.45, 7) is 0.183. The van der Waals surface area contributed by atoms with E-state index in [1.165, 1.54) is 5.56 Å². The van der Waals surface area contributed by atoms with Gasteiger partial charge < -0.3 is 14.6 Å². The standard InChI is InChI=1S/C28H23N3O4/c1-35-18-12-10-17(11-13-18)26-25-20(19-6-4-5-9-23(19)29-25)14-15-30(26)24(32)16-31-27(33)21-7-2-3-8-22(21)28(31)34/h2-13,26,29H,14-16H2,1H3/t26-/m1/s1. The summed E-state index contributed by atoms with van der Waals surface area (Å²) in [5.74, 6) is -0.401. The van der Waals surface area contributed by atoms with Gasteiger partial charge in [0.05, 0.1) is 24.3 Å². The Bertz CT molecular complexity index is 1450. The second-order valence-corrected chi connectivity index (χ2v) is 8.82. The summed E-state index contributed by atoms with van der Waals surface area (Å²) in [7, 11) is 1.61. The maximum atomic E-state index is 13.7. The molecule has 0 bridgehead atoms. The number of carbonyl (C=O) groups is 3. The van der Waals surface area contributed by atoms with E-state index in [0.717, 1.165) is 32.8 Å². The molecular weight excluding hydrogens is 442 g/mol. The normalized spacial score (nSPS) is 17.0. The SMILES string of the molecule is COc1ccc([C@@H]2c3[nH]c4ccccc4c3CCN2C(=O)CN2C(=O)c3ccccc3C2=O)cc1. The molecular formula is C28H23N3O4. The number of H-pyrrole nitrogens is 1. The summed E-state index contributed by atoms with van der Waals surface area (Å²) in [5, 5.41) is 1.15. The zero-order chi connectivity index (χ0) is 24.1. The van der Waals surface area contributed by atoms with E-state index in [-0.39, 0.29) is 18.5 Å². The zero-order valence-corrected chi connectivity index (χ0v) is 19.2. The fraction of sp³-hybridized carbons (Fsp3) is 0.179. The number of methoxy groups -OCH3 is 1. The molecule has 0 fully saturated rings. The first-order valence-electron chi connectivity index (χ1n) is 11.5. The number of amides is 3. The lowest BCUT2D eigenvalue weighted by Crippen LogP contribution is -2.47. The van der Waals surface area contributed by atoms with Gasteiger partial charge in [0, 0.05) is 23.1 Å². The third kappa shape index (κ3) is 3.31. The lowest BCUT2D eigenvalue weighted by atomic mass is 9.92. The first-order chi connectivity index (χ1) is 17.1. The lowest BCUT2D eigenvalue weighted by molar-refractivity contribution is -0.133. The van der Waals surface area contributed by atoms with E-state index in [9.17, 15) is 14.4 Å². The minimum atomic E-state index is -0.428. The Labute approximate surface area is 201 Å². The van der Waals surface area contributed by atoms with E-state index in [1.807, 2.05) is 42.5 Å². The number of rotatable bonds is 4. The van der Waals surface area contributed by atoms with Crippen LogP contribution in [0.4, 0.5) is 0 Å². The molecule has 1 N–H and O–H groups in total. The van der Waals surface area contributed by atoms with E-state index in [1.54, 1.807) is 36.3 Å². The van der Waals surface area contributed by atoms with Crippen molar-refractivity contribution in [3.63, 3.8) is 0 Å². The third-order valence-corrected chi connectivity index (χ3v) is 6.96. The molecule has 7 heteroatoms. The summed E-state index contributed by atoms with van der Waals surface area (Å²) in [6, 6.07) is 22.1. The number of ether oxygens (including phenoxy) is 1. The summed E-state index contributed by atoms with van der Waals surface area (Å²) >= 11 is 0. The Morgan fingerprint density at radius 3 is 2.29 bits per heavy atom. The van der Waals surface area contributed by atoms with Gasteiger partial charge in [0.2, 0.25) is 5.91 Å². The van der Waals surface area contributed by atoms with Crippen molar-refractivity contribution in [1.82, 2.24) is 14.8 Å². The van der Waals surface area contributed by atoms with Gasteiger partial charge in [-0.15, -0.1) is 0 Å². The van der Waals surface area contributed by atoms with Crippen molar-refractivity contribution >= 4 is 28.6 Å². The minimum absolute atomic E-state index is 0.273. The number of carbonyl (C=O) groups excluding carboxylic acids is 3. The number of nitrogens with zero attached hydrogens (tertiary/aromatic N) is 2. The number of hydrogen-bond acceptors (Lipinski definition) is 4. The monoisotopic (exact) mass is 465 g/mol. The Hall–Kier alpha value is -4.39. The van der Waals surface area contributed by atoms with Crippen LogP contribution in [0, 0.1) is 0 Å². The van der Waals surface area contributed by atoms with Crippen molar-refractivity contribution in [2.45, 2.75) is 12.5 Å². The van der Waals surface area contributed by atoms with Crippen LogP contribution in [-0.2, 0) is 11.2 Å². The fourth-order valence-corrected chi connectivity index (χ4v) is 5.25. The van der Waals surface area contributed by atoms with Crippen molar-refractivity contribution < 1.29 is 19.1 Å². The topological polar surface area (TPSA) is 82.7 Å². The number of nitrogens with one attached hydrogen (secondary N) is 1. The largest absolute Gasteiger partial charge is 0.497 e. The number of aromatic amines is 1. The van der Waals surface area contributed by atoms with Crippen LogP contribution in [-0.4, -0.2) is 52.7 Å². The molecule has 3 amide bonds. The van der Waals surface area contributed by atoms with Crippen molar-refractivity contribution in [3.8, 4) is 5.75 Å². The number of hydrogen-bond donors (Lipinski definition) is 1. The fourth-order valence-electron chi connectivity index (χ4n) is 5.25. The highest BCUT2D eigenvalue weighted by Gasteiger charge is 2.40. The van der Waals surface area contributed by atoms with Crippen LogP contribution in [0.2, 0.25) is 0 Å². The van der Waals surface area contributed by atoms with E-state index < -0.39 is 11.8 Å². The summed E-state index contributed by atoms with van der Waals surface area (Å²) in [4.78, 5) is 45.8. The molecule has 0 saturated heterocycles. The first-order valence-corrected chi connectivity index (χ1v) is 11.5. The van der Waals surface area contributed by atoms with Crippen molar-refractivity contribution in [2.75, 3.05) is 20.2 Å². The van der Waals surface area contributed by atoms with Crippen LogP contribution in [0.3, 0.4) is 0 Å². The van der Waals surface area contributed by atoms with Crippen LogP contribution in [0.15, 0.2) is 72.8 Å². The van der Waals surface area contributed by atoms with Gasteiger partial charge in [-0.2, -0.15) is 0 Å². The molecule has 2 aliphatic rings. The van der Waals surface area contributed by atoms with Gasteiger partial charge in [-0.1, -0.05) is 42.5 Å². The molecule has 4 aromatic rings. The molecule has 3 aromatic carbocycles. The van der Waals surface area contributed by atoms with Crippen LogP contribution < -0.4 is 4.74 Å². The van der Waals surface area contributed by atoms with Crippen LogP contribution >= 0.6 is 0 Å². The second kappa shape index (κ2) is 8.13. The molecule has 7 nitrogen and oxygen atoms in total. The Morgan fingerprint density at radius 2 is 1.60 bits per heavy atom. The molecule has 0 spiro atoms. The highest BCUT2D eigenvalue weighted by Crippen LogP contribution is 2.39. The molecule has 35 heavy (non-hydrogen) atoms. The van der Waals surface area contributed by atoms with Crippen molar-refractivity contribution in [2.24, 2.45) is 0 Å². The number of benzene rings is 3. The summed E-state index contributed by atoms with van der Waals surface area (Å²) in [6.07, 6.45) is 0.680. The maximum Gasteiger partial charge on any atom is 0.262 e. The molecule has 3 heterocycles. The van der Waals surface area contributed by atoms with E-state index in [2.05, 4.69) is 11.1 Å². The Morgan fingerprint density at radius 1 is 0.943 bits per heavy atom. The van der Waals surface area contributed by atoms with Crippen molar-refractivity contribution in [3.05, 3.63) is 101 Å². The van der Waals surface area contributed by atoms with Crippen LogP contribution in [0.1, 0.15) is 43.6 Å². The maximum absolute atomic E-state index is 13.7. The smallest absolute Gasteiger partial charge is 0.262 e. The zero-order valence-electron chi connectivity index (χ0n) is 19.2. The Kier molecular flexibility index (Phi) is 4.91. The lowest BCUT2D eigenvalue weighted by Gasteiger charge is -2.37. The molecule has 174 valence electrons. The van der Waals surface area contributed by atoms with Gasteiger partial charge >= 0.3 is 0 Å². The summed E-state index contributed by atoms with van der Waals surface area (Å²) in [5.41, 5.74) is 4.77. The highest BCUT2D eigenvalue weighted by atomic mass is 16.5. The average Bonchev–Trinajstić information content (AvgIpc) is 3.39. The van der Waals surface area contributed by atoms with Gasteiger partial charge in [-0.3, -0.25) is 19.3 Å².